The fraction of sp³-hybridized carbons (Fsp3) is 0.263. The molecule has 0 bridgehead atoms. The number of hydrogen-bond acceptors (Lipinski definition) is 6. The zero-order chi connectivity index (χ0) is 18.7. The van der Waals surface area contributed by atoms with E-state index in [1.165, 1.54) is 0 Å². The van der Waals surface area contributed by atoms with Crippen LogP contribution in [0.4, 0.5) is 11.4 Å². The number of aryl methyl sites for hydroxylation is 1. The van der Waals surface area contributed by atoms with E-state index in [9.17, 15) is 4.79 Å². The second-order valence-electron chi connectivity index (χ2n) is 5.84. The van der Waals surface area contributed by atoms with Crippen molar-refractivity contribution in [1.82, 2.24) is 4.98 Å². The molecule has 0 saturated heterocycles. The molecule has 1 unspecified atom stereocenters. The molecular formula is C19H21N3O4. The van der Waals surface area contributed by atoms with Gasteiger partial charge in [-0.3, -0.25) is 4.79 Å². The minimum atomic E-state index is -0.476. The Labute approximate surface area is 151 Å². The minimum Gasteiger partial charge on any atom is -0.497 e. The molecule has 2 N–H and O–H groups in total. The van der Waals surface area contributed by atoms with Crippen LogP contribution in [0.5, 0.6) is 11.5 Å². The van der Waals surface area contributed by atoms with Crippen LogP contribution < -0.4 is 20.1 Å². The number of nitrogens with zero attached hydrogens (tertiary/aromatic N) is 1. The van der Waals surface area contributed by atoms with Gasteiger partial charge in [0.05, 0.1) is 19.9 Å². The minimum absolute atomic E-state index is 0.201. The highest BCUT2D eigenvalue weighted by Crippen LogP contribution is 2.29. The van der Waals surface area contributed by atoms with E-state index in [4.69, 9.17) is 13.9 Å². The molecule has 136 valence electrons. The molecule has 1 atom stereocenters. The summed E-state index contributed by atoms with van der Waals surface area (Å²) in [4.78, 5) is 16.8. The van der Waals surface area contributed by atoms with Gasteiger partial charge >= 0.3 is 0 Å². The molecule has 0 spiro atoms. The zero-order valence-corrected chi connectivity index (χ0v) is 15.1. The zero-order valence-electron chi connectivity index (χ0n) is 15.1. The topological polar surface area (TPSA) is 85.6 Å². The number of oxazole rings is 1. The van der Waals surface area contributed by atoms with Gasteiger partial charge < -0.3 is 24.5 Å². The second-order valence-corrected chi connectivity index (χ2v) is 5.84. The predicted molar refractivity (Wildman–Crippen MR) is 100 cm³/mol. The van der Waals surface area contributed by atoms with Gasteiger partial charge in [-0.2, -0.15) is 0 Å². The van der Waals surface area contributed by atoms with E-state index in [2.05, 4.69) is 15.6 Å². The quantitative estimate of drug-likeness (QED) is 0.703. The molecule has 0 aliphatic heterocycles. The normalized spacial score (nSPS) is 11.8. The number of carbonyl (C=O) groups is 1. The van der Waals surface area contributed by atoms with Crippen molar-refractivity contribution >= 4 is 28.4 Å². The summed E-state index contributed by atoms with van der Waals surface area (Å²) in [6.07, 6.45) is 0. The largest absolute Gasteiger partial charge is 0.497 e. The van der Waals surface area contributed by atoms with E-state index in [0.29, 0.717) is 28.7 Å². The highest BCUT2D eigenvalue weighted by Gasteiger charge is 2.16. The van der Waals surface area contributed by atoms with Gasteiger partial charge in [0, 0.05) is 18.7 Å². The van der Waals surface area contributed by atoms with Crippen molar-refractivity contribution in [2.24, 2.45) is 0 Å². The molecular weight excluding hydrogens is 334 g/mol. The number of fused-ring (bicyclic) bond motifs is 1. The Kier molecular flexibility index (Phi) is 4.97. The first-order valence-electron chi connectivity index (χ1n) is 8.17. The highest BCUT2D eigenvalue weighted by atomic mass is 16.5. The van der Waals surface area contributed by atoms with Crippen molar-refractivity contribution in [3.05, 3.63) is 42.3 Å². The second kappa shape index (κ2) is 7.35. The van der Waals surface area contributed by atoms with Gasteiger partial charge in [-0.05, 0) is 37.3 Å². The number of anilines is 2. The maximum atomic E-state index is 12.5. The lowest BCUT2D eigenvalue weighted by Gasteiger charge is -2.17. The van der Waals surface area contributed by atoms with Gasteiger partial charge in [0.25, 0.3) is 0 Å². The molecule has 26 heavy (non-hydrogen) atoms. The van der Waals surface area contributed by atoms with Crippen molar-refractivity contribution in [2.45, 2.75) is 19.9 Å². The predicted octanol–water partition coefficient (Wildman–Crippen LogP) is 3.59. The van der Waals surface area contributed by atoms with E-state index in [1.54, 1.807) is 46.3 Å². The van der Waals surface area contributed by atoms with Crippen LogP contribution in [0.25, 0.3) is 11.1 Å². The van der Waals surface area contributed by atoms with Crippen LogP contribution in [-0.2, 0) is 4.79 Å². The number of hydrogen-bond donors (Lipinski definition) is 2. The fourth-order valence-electron chi connectivity index (χ4n) is 2.60. The van der Waals surface area contributed by atoms with Crippen molar-refractivity contribution < 1.29 is 18.7 Å². The Balaban J connectivity index is 1.72. The molecule has 7 heteroatoms. The average molecular weight is 355 g/mol. The van der Waals surface area contributed by atoms with Crippen molar-refractivity contribution in [1.29, 1.82) is 0 Å². The summed E-state index contributed by atoms with van der Waals surface area (Å²) >= 11 is 0. The molecule has 2 aromatic carbocycles. The molecule has 3 rings (SSSR count). The van der Waals surface area contributed by atoms with Gasteiger partial charge in [-0.25, -0.2) is 4.98 Å². The lowest BCUT2D eigenvalue weighted by atomic mass is 10.2. The first-order chi connectivity index (χ1) is 12.5. The molecule has 0 aliphatic carbocycles. The van der Waals surface area contributed by atoms with Gasteiger partial charge in [-0.15, -0.1) is 0 Å². The van der Waals surface area contributed by atoms with Crippen LogP contribution in [0.15, 0.2) is 40.8 Å². The Bertz CT molecular complexity index is 936. The Hall–Kier alpha value is -3.22. The summed E-state index contributed by atoms with van der Waals surface area (Å²) in [5.74, 6) is 1.60. The van der Waals surface area contributed by atoms with Gasteiger partial charge in [0.15, 0.2) is 11.5 Å². The third-order valence-corrected chi connectivity index (χ3v) is 3.94. The van der Waals surface area contributed by atoms with Crippen LogP contribution in [0, 0.1) is 6.92 Å². The van der Waals surface area contributed by atoms with Gasteiger partial charge in [0.1, 0.15) is 23.1 Å². The Morgan fingerprint density at radius 3 is 2.69 bits per heavy atom. The molecule has 7 nitrogen and oxygen atoms in total. The maximum Gasteiger partial charge on any atom is 0.246 e. The van der Waals surface area contributed by atoms with E-state index in [-0.39, 0.29) is 5.91 Å². The third-order valence-electron chi connectivity index (χ3n) is 3.94. The number of aromatic nitrogens is 1. The van der Waals surface area contributed by atoms with Crippen LogP contribution in [-0.4, -0.2) is 31.2 Å². The van der Waals surface area contributed by atoms with Crippen molar-refractivity contribution in [2.75, 3.05) is 24.9 Å². The molecule has 0 saturated carbocycles. The van der Waals surface area contributed by atoms with Gasteiger partial charge in [-0.1, -0.05) is 0 Å². The first-order valence-corrected chi connectivity index (χ1v) is 8.17. The molecule has 1 heterocycles. The summed E-state index contributed by atoms with van der Waals surface area (Å²) in [5.41, 5.74) is 2.79. The van der Waals surface area contributed by atoms with Crippen LogP contribution in [0.2, 0.25) is 0 Å². The number of benzene rings is 2. The van der Waals surface area contributed by atoms with Crippen LogP contribution in [0.3, 0.4) is 0 Å². The maximum absolute atomic E-state index is 12.5. The summed E-state index contributed by atoms with van der Waals surface area (Å²) in [6.45, 7) is 3.57. The number of rotatable bonds is 6. The SMILES string of the molecule is COc1ccc(OC)c(NC(=O)C(C)Nc2ccc3oc(C)nc3c2)c1. The van der Waals surface area contributed by atoms with Crippen molar-refractivity contribution in [3.8, 4) is 11.5 Å². The lowest BCUT2D eigenvalue weighted by molar-refractivity contribution is -0.116. The third kappa shape index (κ3) is 3.72. The molecule has 1 aromatic heterocycles. The number of nitrogens with one attached hydrogen (secondary N) is 2. The van der Waals surface area contributed by atoms with Crippen LogP contribution >= 0.6 is 0 Å². The van der Waals surface area contributed by atoms with Crippen molar-refractivity contribution in [3.63, 3.8) is 0 Å². The Morgan fingerprint density at radius 2 is 1.96 bits per heavy atom. The molecule has 0 radical (unpaired) electrons. The van der Waals surface area contributed by atoms with E-state index < -0.39 is 6.04 Å². The summed E-state index contributed by atoms with van der Waals surface area (Å²) in [7, 11) is 3.12. The molecule has 1 amide bonds. The Morgan fingerprint density at radius 1 is 1.15 bits per heavy atom. The van der Waals surface area contributed by atoms with E-state index >= 15 is 0 Å². The fourth-order valence-corrected chi connectivity index (χ4v) is 2.60. The number of amides is 1. The summed E-state index contributed by atoms with van der Waals surface area (Å²) in [6, 6.07) is 10.3. The summed E-state index contributed by atoms with van der Waals surface area (Å²) < 4.78 is 15.9. The molecule has 0 aliphatic rings. The number of ether oxygens (including phenoxy) is 2. The monoisotopic (exact) mass is 355 g/mol. The number of carbonyl (C=O) groups excluding carboxylic acids is 1. The van der Waals surface area contributed by atoms with E-state index in [1.807, 2.05) is 18.2 Å². The first kappa shape index (κ1) is 17.6. The summed E-state index contributed by atoms with van der Waals surface area (Å²) in [5, 5.41) is 6.02. The van der Waals surface area contributed by atoms with Crippen LogP contribution in [0.1, 0.15) is 12.8 Å². The van der Waals surface area contributed by atoms with E-state index in [0.717, 1.165) is 11.2 Å². The smallest absolute Gasteiger partial charge is 0.246 e. The standard InChI is InChI=1S/C19H21N3O4/c1-11(20-13-5-7-18-15(9-13)21-12(2)26-18)19(23)22-16-10-14(24-3)6-8-17(16)25-4/h5-11,20H,1-4H3,(H,22,23). The lowest BCUT2D eigenvalue weighted by Crippen LogP contribution is -2.32. The number of methoxy groups -OCH3 is 2. The van der Waals surface area contributed by atoms with Gasteiger partial charge in [0.2, 0.25) is 5.91 Å². The highest BCUT2D eigenvalue weighted by molar-refractivity contribution is 5.97. The molecule has 0 fully saturated rings. The average Bonchev–Trinajstić information content (AvgIpc) is 3.00. The molecule has 3 aromatic rings.